The van der Waals surface area contributed by atoms with Crippen molar-refractivity contribution >= 4 is 12.4 Å². The Morgan fingerprint density at radius 2 is 2.14 bits per heavy atom. The first-order valence-electron chi connectivity index (χ1n) is 7.30. The Balaban J connectivity index is 0.00000176. The Morgan fingerprint density at radius 3 is 2.82 bits per heavy atom. The number of hydrogen-bond acceptors (Lipinski definition) is 5. The van der Waals surface area contributed by atoms with Crippen molar-refractivity contribution < 1.29 is 9.15 Å². The topological polar surface area (TPSA) is 50.5 Å². The smallest absolute Gasteiger partial charge is 0.226 e. The first kappa shape index (κ1) is 16.8. The van der Waals surface area contributed by atoms with Crippen LogP contribution in [-0.2, 0) is 6.54 Å². The van der Waals surface area contributed by atoms with Crippen LogP contribution in [0.2, 0.25) is 0 Å². The van der Waals surface area contributed by atoms with Crippen molar-refractivity contribution in [3.8, 4) is 17.2 Å². The molecule has 0 amide bonds. The van der Waals surface area contributed by atoms with Gasteiger partial charge in [-0.3, -0.25) is 4.90 Å². The molecule has 1 fully saturated rings. The molecule has 0 spiro atoms. The van der Waals surface area contributed by atoms with Crippen molar-refractivity contribution in [2.75, 3.05) is 26.7 Å². The van der Waals surface area contributed by atoms with Crippen LogP contribution in [-0.4, -0.2) is 42.7 Å². The molecule has 1 aliphatic rings. The second-order valence-corrected chi connectivity index (χ2v) is 5.40. The van der Waals surface area contributed by atoms with E-state index in [1.165, 1.54) is 0 Å². The van der Waals surface area contributed by atoms with E-state index in [-0.39, 0.29) is 12.4 Å². The number of piperazine rings is 1. The van der Waals surface area contributed by atoms with Crippen LogP contribution >= 0.6 is 12.4 Å². The molecule has 2 heterocycles. The second-order valence-electron chi connectivity index (χ2n) is 5.40. The Morgan fingerprint density at radius 1 is 1.36 bits per heavy atom. The van der Waals surface area contributed by atoms with Crippen molar-refractivity contribution in [3.05, 3.63) is 36.2 Å². The summed E-state index contributed by atoms with van der Waals surface area (Å²) >= 11 is 0. The monoisotopic (exact) mass is 323 g/mol. The van der Waals surface area contributed by atoms with Gasteiger partial charge in [-0.2, -0.15) is 0 Å². The molecule has 1 saturated heterocycles. The summed E-state index contributed by atoms with van der Waals surface area (Å²) in [4.78, 5) is 7.02. The van der Waals surface area contributed by atoms with Crippen LogP contribution in [0.5, 0.6) is 5.75 Å². The normalized spacial score (nSPS) is 18.7. The lowest BCUT2D eigenvalue weighted by Gasteiger charge is -2.33. The number of ether oxygens (including phenoxy) is 1. The maximum Gasteiger partial charge on any atom is 0.226 e. The molecule has 0 radical (unpaired) electrons. The number of benzene rings is 1. The van der Waals surface area contributed by atoms with Crippen LogP contribution in [0.4, 0.5) is 0 Å². The summed E-state index contributed by atoms with van der Waals surface area (Å²) in [7, 11) is 1.66. The fourth-order valence-corrected chi connectivity index (χ4v) is 2.57. The zero-order valence-electron chi connectivity index (χ0n) is 12.9. The summed E-state index contributed by atoms with van der Waals surface area (Å²) in [6, 6.07) is 8.28. The van der Waals surface area contributed by atoms with Crippen LogP contribution in [0, 0.1) is 0 Å². The maximum absolute atomic E-state index is 5.61. The number of aromatic nitrogens is 1. The standard InChI is InChI=1S/C16H21N3O2.ClH/c1-12-9-17-7-8-19(12)10-14-11-21-16(18-14)13-3-5-15(20-2)6-4-13;/h3-6,11-12,17H,7-10H2,1-2H3;1H/t12-;/m0./s1. The highest BCUT2D eigenvalue weighted by Crippen LogP contribution is 2.22. The fraction of sp³-hybridized carbons (Fsp3) is 0.438. The van der Waals surface area contributed by atoms with E-state index >= 15 is 0 Å². The maximum atomic E-state index is 5.61. The molecule has 1 aromatic heterocycles. The van der Waals surface area contributed by atoms with Crippen molar-refractivity contribution in [2.45, 2.75) is 19.5 Å². The summed E-state index contributed by atoms with van der Waals surface area (Å²) in [6.45, 7) is 6.18. The summed E-state index contributed by atoms with van der Waals surface area (Å²) in [5.74, 6) is 1.50. The van der Waals surface area contributed by atoms with Crippen molar-refractivity contribution in [1.82, 2.24) is 15.2 Å². The minimum Gasteiger partial charge on any atom is -0.497 e. The van der Waals surface area contributed by atoms with Crippen molar-refractivity contribution in [1.29, 1.82) is 0 Å². The number of nitrogens with zero attached hydrogens (tertiary/aromatic N) is 2. The number of methoxy groups -OCH3 is 1. The molecule has 1 atom stereocenters. The highest BCUT2D eigenvalue weighted by molar-refractivity contribution is 5.85. The van der Waals surface area contributed by atoms with Crippen LogP contribution in [0.3, 0.4) is 0 Å². The molecule has 6 heteroatoms. The van der Waals surface area contributed by atoms with Gasteiger partial charge in [0.25, 0.3) is 0 Å². The highest BCUT2D eigenvalue weighted by atomic mass is 35.5. The molecule has 5 nitrogen and oxygen atoms in total. The van der Waals surface area contributed by atoms with Gasteiger partial charge < -0.3 is 14.5 Å². The van der Waals surface area contributed by atoms with E-state index in [1.54, 1.807) is 13.4 Å². The number of oxazole rings is 1. The van der Waals surface area contributed by atoms with Crippen LogP contribution in [0.1, 0.15) is 12.6 Å². The molecule has 1 aromatic carbocycles. The Hall–Kier alpha value is -1.56. The van der Waals surface area contributed by atoms with Gasteiger partial charge in [-0.05, 0) is 31.2 Å². The molecule has 1 aliphatic heterocycles. The van der Waals surface area contributed by atoms with E-state index in [4.69, 9.17) is 9.15 Å². The third-order valence-corrected chi connectivity index (χ3v) is 3.89. The first-order valence-corrected chi connectivity index (χ1v) is 7.30. The molecular weight excluding hydrogens is 302 g/mol. The predicted octanol–water partition coefficient (Wildman–Crippen LogP) is 2.57. The summed E-state index contributed by atoms with van der Waals surface area (Å²) in [6.07, 6.45) is 1.76. The SMILES string of the molecule is COc1ccc(-c2nc(CN3CCNC[C@@H]3C)co2)cc1.Cl. The Kier molecular flexibility index (Phi) is 5.83. The lowest BCUT2D eigenvalue weighted by Crippen LogP contribution is -2.49. The summed E-state index contributed by atoms with van der Waals surface area (Å²) in [5, 5.41) is 3.39. The molecular formula is C16H22ClN3O2. The second kappa shape index (κ2) is 7.63. The third kappa shape index (κ3) is 3.80. The van der Waals surface area contributed by atoms with E-state index in [1.807, 2.05) is 24.3 Å². The quantitative estimate of drug-likeness (QED) is 0.937. The summed E-state index contributed by atoms with van der Waals surface area (Å²) < 4.78 is 10.8. The van der Waals surface area contributed by atoms with Gasteiger partial charge in [0, 0.05) is 37.8 Å². The molecule has 0 bridgehead atoms. The Bertz CT molecular complexity index is 585. The zero-order chi connectivity index (χ0) is 14.7. The third-order valence-electron chi connectivity index (χ3n) is 3.89. The number of halogens is 1. The van der Waals surface area contributed by atoms with Crippen LogP contribution in [0.15, 0.2) is 34.9 Å². The van der Waals surface area contributed by atoms with Crippen LogP contribution < -0.4 is 10.1 Å². The van der Waals surface area contributed by atoms with Crippen LogP contribution in [0.25, 0.3) is 11.5 Å². The molecule has 120 valence electrons. The average Bonchev–Trinajstić information content (AvgIpc) is 2.98. The molecule has 0 saturated carbocycles. The molecule has 0 aliphatic carbocycles. The van der Waals surface area contributed by atoms with Gasteiger partial charge in [-0.15, -0.1) is 12.4 Å². The number of hydrogen-bond donors (Lipinski definition) is 1. The number of rotatable bonds is 4. The van der Waals surface area contributed by atoms with E-state index in [0.29, 0.717) is 11.9 Å². The Labute approximate surface area is 137 Å². The highest BCUT2D eigenvalue weighted by Gasteiger charge is 2.19. The van der Waals surface area contributed by atoms with Crippen molar-refractivity contribution in [2.24, 2.45) is 0 Å². The minimum atomic E-state index is 0. The fourth-order valence-electron chi connectivity index (χ4n) is 2.57. The largest absolute Gasteiger partial charge is 0.497 e. The molecule has 0 unspecified atom stereocenters. The van der Waals surface area contributed by atoms with Crippen molar-refractivity contribution in [3.63, 3.8) is 0 Å². The van der Waals surface area contributed by atoms with Gasteiger partial charge in [-0.1, -0.05) is 0 Å². The van der Waals surface area contributed by atoms with Gasteiger partial charge >= 0.3 is 0 Å². The minimum absolute atomic E-state index is 0. The van der Waals surface area contributed by atoms with Gasteiger partial charge in [0.2, 0.25) is 5.89 Å². The lowest BCUT2D eigenvalue weighted by atomic mass is 10.2. The molecule has 3 rings (SSSR count). The zero-order valence-corrected chi connectivity index (χ0v) is 13.7. The van der Waals surface area contributed by atoms with E-state index < -0.39 is 0 Å². The molecule has 1 N–H and O–H groups in total. The first-order chi connectivity index (χ1) is 10.3. The molecule has 2 aromatic rings. The van der Waals surface area contributed by atoms with Gasteiger partial charge in [-0.25, -0.2) is 4.98 Å². The number of nitrogens with one attached hydrogen (secondary N) is 1. The lowest BCUT2D eigenvalue weighted by molar-refractivity contribution is 0.163. The van der Waals surface area contributed by atoms with E-state index in [0.717, 1.165) is 43.2 Å². The average molecular weight is 324 g/mol. The van der Waals surface area contributed by atoms with Gasteiger partial charge in [0.15, 0.2) is 0 Å². The predicted molar refractivity (Wildman–Crippen MR) is 88.5 cm³/mol. The molecule has 22 heavy (non-hydrogen) atoms. The van der Waals surface area contributed by atoms with Gasteiger partial charge in [0.1, 0.15) is 12.0 Å². The summed E-state index contributed by atoms with van der Waals surface area (Å²) in [5.41, 5.74) is 1.95. The van der Waals surface area contributed by atoms with E-state index in [2.05, 4.69) is 22.1 Å². The van der Waals surface area contributed by atoms with E-state index in [9.17, 15) is 0 Å². The van der Waals surface area contributed by atoms with Gasteiger partial charge in [0.05, 0.1) is 12.8 Å².